The Morgan fingerprint density at radius 3 is 2.50 bits per heavy atom. The van der Waals surface area contributed by atoms with E-state index in [1.165, 1.54) is 12.1 Å². The van der Waals surface area contributed by atoms with Crippen LogP contribution in [0, 0.1) is 0 Å². The Hall–Kier alpha value is -0.740. The van der Waals surface area contributed by atoms with Gasteiger partial charge in [0.2, 0.25) is 0 Å². The molecule has 1 aromatic rings. The smallest absolute Gasteiger partial charge is 0.393 e. The molecule has 16 heavy (non-hydrogen) atoms. The summed E-state index contributed by atoms with van der Waals surface area (Å²) in [7, 11) is 0. The molecule has 0 aliphatic rings. The van der Waals surface area contributed by atoms with E-state index in [2.05, 4.69) is 0 Å². The highest BCUT2D eigenvalue weighted by atomic mass is 35.5. The molecule has 1 N–H and O–H groups in total. The van der Waals surface area contributed by atoms with Crippen molar-refractivity contribution in [2.45, 2.75) is 32.0 Å². The van der Waals surface area contributed by atoms with Gasteiger partial charge < -0.3 is 5.11 Å². The van der Waals surface area contributed by atoms with Gasteiger partial charge in [0.15, 0.2) is 0 Å². The summed E-state index contributed by atoms with van der Waals surface area (Å²) >= 11 is 5.54. The summed E-state index contributed by atoms with van der Waals surface area (Å²) in [5, 5.41) is 9.12. The van der Waals surface area contributed by atoms with E-state index in [0.717, 1.165) is 6.07 Å². The van der Waals surface area contributed by atoms with Crippen LogP contribution in [0.3, 0.4) is 0 Å². The Morgan fingerprint density at radius 1 is 1.38 bits per heavy atom. The zero-order valence-corrected chi connectivity index (χ0v) is 9.44. The van der Waals surface area contributed by atoms with Gasteiger partial charge in [0.05, 0.1) is 11.7 Å². The topological polar surface area (TPSA) is 20.2 Å². The Bertz CT molecular complexity index is 361. The molecule has 0 aliphatic carbocycles. The number of rotatable bonds is 3. The first kappa shape index (κ1) is 13.3. The first-order chi connectivity index (χ1) is 7.30. The lowest BCUT2D eigenvalue weighted by atomic mass is 10.0. The third-order valence-electron chi connectivity index (χ3n) is 2.21. The van der Waals surface area contributed by atoms with Crippen molar-refractivity contribution in [3.63, 3.8) is 0 Å². The molecule has 0 radical (unpaired) electrons. The summed E-state index contributed by atoms with van der Waals surface area (Å²) in [4.78, 5) is 0. The molecule has 0 aromatic heterocycles. The molecule has 0 aliphatic heterocycles. The van der Waals surface area contributed by atoms with Crippen LogP contribution in [-0.4, -0.2) is 11.2 Å². The van der Waals surface area contributed by atoms with Crippen molar-refractivity contribution in [3.05, 3.63) is 34.3 Å². The summed E-state index contributed by atoms with van der Waals surface area (Å²) in [5.74, 6) is 0. The van der Waals surface area contributed by atoms with E-state index in [-0.39, 0.29) is 17.0 Å². The van der Waals surface area contributed by atoms with Crippen molar-refractivity contribution in [2.75, 3.05) is 0 Å². The Balaban J connectivity index is 2.99. The molecular weight excluding hydrogens is 241 g/mol. The van der Waals surface area contributed by atoms with Crippen molar-refractivity contribution in [1.82, 2.24) is 0 Å². The van der Waals surface area contributed by atoms with Gasteiger partial charge in [-0.15, -0.1) is 0 Å². The average Bonchev–Trinajstić information content (AvgIpc) is 2.14. The van der Waals surface area contributed by atoms with Crippen LogP contribution in [0.2, 0.25) is 5.02 Å². The molecule has 1 atom stereocenters. The standard InChI is InChI=1S/C11H12ClF3O/c1-7(16)2-3-8-4-5-9(12)6-10(8)11(13,14)15/h4-7,16H,2-3H2,1H3. The minimum atomic E-state index is -4.40. The number of halogens is 4. The fraction of sp³-hybridized carbons (Fsp3) is 0.455. The summed E-state index contributed by atoms with van der Waals surface area (Å²) in [6, 6.07) is 3.70. The van der Waals surface area contributed by atoms with Crippen LogP contribution < -0.4 is 0 Å². The van der Waals surface area contributed by atoms with Crippen LogP contribution >= 0.6 is 11.6 Å². The Morgan fingerprint density at radius 2 is 2.00 bits per heavy atom. The molecular formula is C11H12ClF3O. The van der Waals surface area contributed by atoms with Gasteiger partial charge in [-0.05, 0) is 37.5 Å². The number of hydrogen-bond acceptors (Lipinski definition) is 1. The molecule has 1 aromatic carbocycles. The number of aryl methyl sites for hydroxylation is 1. The zero-order valence-electron chi connectivity index (χ0n) is 8.68. The largest absolute Gasteiger partial charge is 0.416 e. The van der Waals surface area contributed by atoms with Gasteiger partial charge in [0.1, 0.15) is 0 Å². The molecule has 0 saturated carbocycles. The van der Waals surface area contributed by atoms with Crippen LogP contribution in [0.15, 0.2) is 18.2 Å². The highest BCUT2D eigenvalue weighted by molar-refractivity contribution is 6.30. The second kappa shape index (κ2) is 5.06. The van der Waals surface area contributed by atoms with Crippen LogP contribution in [0.4, 0.5) is 13.2 Å². The van der Waals surface area contributed by atoms with E-state index in [0.29, 0.717) is 6.42 Å². The number of benzene rings is 1. The molecule has 1 nitrogen and oxygen atoms in total. The molecule has 0 amide bonds. The first-order valence-electron chi connectivity index (χ1n) is 4.84. The van der Waals surface area contributed by atoms with Crippen molar-refractivity contribution >= 4 is 11.6 Å². The van der Waals surface area contributed by atoms with E-state index in [1.807, 2.05) is 0 Å². The van der Waals surface area contributed by atoms with Gasteiger partial charge in [-0.2, -0.15) is 13.2 Å². The molecule has 0 fully saturated rings. The number of hydrogen-bond donors (Lipinski definition) is 1. The summed E-state index contributed by atoms with van der Waals surface area (Å²) < 4.78 is 37.9. The highest BCUT2D eigenvalue weighted by Crippen LogP contribution is 2.34. The lowest BCUT2D eigenvalue weighted by Crippen LogP contribution is -2.11. The molecule has 0 bridgehead atoms. The van der Waals surface area contributed by atoms with Gasteiger partial charge in [-0.1, -0.05) is 17.7 Å². The van der Waals surface area contributed by atoms with Crippen molar-refractivity contribution in [2.24, 2.45) is 0 Å². The maximum absolute atomic E-state index is 12.6. The molecule has 0 heterocycles. The minimum Gasteiger partial charge on any atom is -0.393 e. The van der Waals surface area contributed by atoms with Gasteiger partial charge in [-0.25, -0.2) is 0 Å². The summed E-state index contributed by atoms with van der Waals surface area (Å²) in [6.07, 6.45) is -4.54. The van der Waals surface area contributed by atoms with Crippen LogP contribution in [0.1, 0.15) is 24.5 Å². The number of aliphatic hydroxyl groups excluding tert-OH is 1. The van der Waals surface area contributed by atoms with Gasteiger partial charge in [0, 0.05) is 5.02 Å². The Labute approximate surface area is 96.9 Å². The lowest BCUT2D eigenvalue weighted by Gasteiger charge is -2.13. The third kappa shape index (κ3) is 3.68. The zero-order chi connectivity index (χ0) is 12.3. The van der Waals surface area contributed by atoms with Crippen molar-refractivity contribution < 1.29 is 18.3 Å². The monoisotopic (exact) mass is 252 g/mol. The summed E-state index contributed by atoms with van der Waals surface area (Å²) in [6.45, 7) is 1.54. The molecule has 90 valence electrons. The predicted molar refractivity (Wildman–Crippen MR) is 56.5 cm³/mol. The maximum atomic E-state index is 12.6. The highest BCUT2D eigenvalue weighted by Gasteiger charge is 2.33. The van der Waals surface area contributed by atoms with Crippen LogP contribution in [0.5, 0.6) is 0 Å². The number of alkyl halides is 3. The van der Waals surface area contributed by atoms with Gasteiger partial charge in [-0.3, -0.25) is 0 Å². The van der Waals surface area contributed by atoms with Gasteiger partial charge >= 0.3 is 6.18 Å². The normalized spacial score (nSPS) is 13.9. The molecule has 5 heteroatoms. The Kier molecular flexibility index (Phi) is 4.21. The van der Waals surface area contributed by atoms with Crippen molar-refractivity contribution in [3.8, 4) is 0 Å². The van der Waals surface area contributed by atoms with Crippen molar-refractivity contribution in [1.29, 1.82) is 0 Å². The van der Waals surface area contributed by atoms with E-state index < -0.39 is 17.8 Å². The third-order valence-corrected chi connectivity index (χ3v) is 2.44. The summed E-state index contributed by atoms with van der Waals surface area (Å²) in [5.41, 5.74) is -0.557. The molecule has 1 unspecified atom stereocenters. The van der Waals surface area contributed by atoms with Gasteiger partial charge in [0.25, 0.3) is 0 Å². The molecule has 1 rings (SSSR count). The van der Waals surface area contributed by atoms with E-state index in [4.69, 9.17) is 16.7 Å². The number of aliphatic hydroxyl groups is 1. The molecule has 0 saturated heterocycles. The van der Waals surface area contributed by atoms with Crippen LogP contribution in [-0.2, 0) is 12.6 Å². The second-order valence-corrected chi connectivity index (χ2v) is 4.12. The second-order valence-electron chi connectivity index (χ2n) is 3.69. The molecule has 0 spiro atoms. The fourth-order valence-electron chi connectivity index (χ4n) is 1.39. The fourth-order valence-corrected chi connectivity index (χ4v) is 1.57. The first-order valence-corrected chi connectivity index (χ1v) is 5.22. The minimum absolute atomic E-state index is 0.0631. The maximum Gasteiger partial charge on any atom is 0.416 e. The van der Waals surface area contributed by atoms with E-state index >= 15 is 0 Å². The average molecular weight is 253 g/mol. The van der Waals surface area contributed by atoms with Crippen LogP contribution in [0.25, 0.3) is 0 Å². The quantitative estimate of drug-likeness (QED) is 0.870. The SMILES string of the molecule is CC(O)CCc1ccc(Cl)cc1C(F)(F)F. The lowest BCUT2D eigenvalue weighted by molar-refractivity contribution is -0.138. The van der Waals surface area contributed by atoms with E-state index in [1.54, 1.807) is 6.92 Å². The van der Waals surface area contributed by atoms with E-state index in [9.17, 15) is 13.2 Å². The predicted octanol–water partition coefficient (Wildman–Crippen LogP) is 3.67.